The summed E-state index contributed by atoms with van der Waals surface area (Å²) in [7, 11) is 0. The highest BCUT2D eigenvalue weighted by Crippen LogP contribution is 2.27. The van der Waals surface area contributed by atoms with E-state index in [1.54, 1.807) is 24.3 Å². The molecule has 2 heterocycles. The van der Waals surface area contributed by atoms with E-state index in [0.29, 0.717) is 11.4 Å². The lowest BCUT2D eigenvalue weighted by atomic mass is 10.1. The van der Waals surface area contributed by atoms with Crippen molar-refractivity contribution < 1.29 is 24.5 Å². The molecule has 7 nitrogen and oxygen atoms in total. The molecule has 0 bridgehead atoms. The van der Waals surface area contributed by atoms with Crippen LogP contribution in [0.25, 0.3) is 11.4 Å². The lowest BCUT2D eigenvalue weighted by Gasteiger charge is -2.14. The molecule has 0 fully saturated rings. The van der Waals surface area contributed by atoms with Crippen molar-refractivity contribution in [1.29, 1.82) is 0 Å². The zero-order valence-electron chi connectivity index (χ0n) is 18.9. The number of hydrogen-bond donors (Lipinski definition) is 2. The Labute approximate surface area is 201 Å². The van der Waals surface area contributed by atoms with E-state index >= 15 is 0 Å². The number of aryl methyl sites for hydroxylation is 3. The third kappa shape index (κ3) is 4.30. The van der Waals surface area contributed by atoms with Gasteiger partial charge in [0.1, 0.15) is 17.9 Å². The molecular weight excluding hydrogens is 456 g/mol. The Hall–Kier alpha value is -3.97. The maximum atomic E-state index is 12.7. The Morgan fingerprint density at radius 3 is 1.97 bits per heavy atom. The number of phenolic OH excluding ortho intramolecular Hbond substituents is 1. The molecule has 0 radical (unpaired) electrons. The van der Waals surface area contributed by atoms with Crippen molar-refractivity contribution in [2.75, 3.05) is 0 Å². The summed E-state index contributed by atoms with van der Waals surface area (Å²) in [6, 6.07) is 17.1. The van der Waals surface area contributed by atoms with Crippen molar-refractivity contribution in [3.05, 3.63) is 99.6 Å². The summed E-state index contributed by atoms with van der Waals surface area (Å²) in [6.45, 7) is 5.75. The summed E-state index contributed by atoms with van der Waals surface area (Å²) in [4.78, 5) is 24.0. The number of carbonyl (C=O) groups excluding carboxylic acids is 1. The van der Waals surface area contributed by atoms with Crippen LogP contribution in [0.2, 0.25) is 5.02 Å². The Kier molecular flexibility index (Phi) is 6.22. The van der Waals surface area contributed by atoms with Crippen LogP contribution in [0.3, 0.4) is 0 Å². The molecule has 8 heteroatoms. The van der Waals surface area contributed by atoms with E-state index in [9.17, 15) is 19.8 Å². The van der Waals surface area contributed by atoms with E-state index in [2.05, 4.69) is 0 Å². The van der Waals surface area contributed by atoms with Crippen molar-refractivity contribution in [3.8, 4) is 17.1 Å². The quantitative estimate of drug-likeness (QED) is 0.351. The van der Waals surface area contributed by atoms with Gasteiger partial charge in [-0.15, -0.1) is 0 Å². The van der Waals surface area contributed by atoms with Crippen LogP contribution in [0.4, 0.5) is 0 Å². The van der Waals surface area contributed by atoms with Gasteiger partial charge < -0.3 is 24.1 Å². The number of esters is 1. The van der Waals surface area contributed by atoms with Crippen molar-refractivity contribution in [2.45, 2.75) is 27.4 Å². The lowest BCUT2D eigenvalue weighted by molar-refractivity contribution is 0.0462. The molecule has 0 saturated carbocycles. The summed E-state index contributed by atoms with van der Waals surface area (Å²) < 4.78 is 9.29. The average molecular weight is 479 g/mol. The Morgan fingerprint density at radius 1 is 0.824 bits per heavy atom. The molecule has 34 heavy (non-hydrogen) atoms. The second-order valence-corrected chi connectivity index (χ2v) is 8.41. The third-order valence-electron chi connectivity index (χ3n) is 5.68. The minimum Gasteiger partial charge on any atom is -0.507 e. The normalized spacial score (nSPS) is 10.9. The van der Waals surface area contributed by atoms with Gasteiger partial charge in [0.25, 0.3) is 0 Å². The Bertz CT molecular complexity index is 1400. The van der Waals surface area contributed by atoms with Crippen LogP contribution < -0.4 is 0 Å². The number of hydrogen-bond acceptors (Lipinski definition) is 4. The first-order valence-corrected chi connectivity index (χ1v) is 10.9. The first-order valence-electron chi connectivity index (χ1n) is 10.5. The minimum atomic E-state index is -1.11. The molecule has 2 aromatic carbocycles. The number of phenols is 1. The molecule has 0 spiro atoms. The molecule has 2 aromatic heterocycles. The fourth-order valence-corrected chi connectivity index (χ4v) is 4.27. The van der Waals surface area contributed by atoms with Gasteiger partial charge in [0.2, 0.25) is 0 Å². The monoisotopic (exact) mass is 478 g/mol. The van der Waals surface area contributed by atoms with Gasteiger partial charge in [0.05, 0.1) is 16.3 Å². The Balaban J connectivity index is 1.55. The molecule has 4 rings (SSSR count). The number of carbonyl (C=O) groups is 2. The van der Waals surface area contributed by atoms with Crippen molar-refractivity contribution >= 4 is 23.5 Å². The van der Waals surface area contributed by atoms with Gasteiger partial charge >= 0.3 is 11.9 Å². The largest absolute Gasteiger partial charge is 0.507 e. The number of carboxylic acid groups (broad SMARTS) is 1. The zero-order valence-corrected chi connectivity index (χ0v) is 19.6. The standard InChI is InChI=1S/C26H23ClN2O5/c1-15-4-5-16(2)28(15)19-9-11-22(24(30)13-19)26(33)34-14-20-7-6-17(3)29(20)18-8-10-21(25(31)32)23(27)12-18/h4-13,30H,14H2,1-3H3,(H,31,32). The fourth-order valence-electron chi connectivity index (χ4n) is 4.02. The number of halogens is 1. The maximum absolute atomic E-state index is 12.7. The Morgan fingerprint density at radius 2 is 1.38 bits per heavy atom. The summed E-state index contributed by atoms with van der Waals surface area (Å²) in [6.07, 6.45) is 0. The number of aromatic carboxylic acids is 1. The predicted molar refractivity (Wildman–Crippen MR) is 129 cm³/mol. The summed E-state index contributed by atoms with van der Waals surface area (Å²) in [5.74, 6) is -1.94. The average Bonchev–Trinajstić information content (AvgIpc) is 3.32. The van der Waals surface area contributed by atoms with Crippen LogP contribution in [0.15, 0.2) is 60.7 Å². The molecule has 174 valence electrons. The van der Waals surface area contributed by atoms with Gasteiger partial charge in [-0.3, -0.25) is 0 Å². The van der Waals surface area contributed by atoms with Crippen molar-refractivity contribution in [1.82, 2.24) is 9.13 Å². The molecule has 2 N–H and O–H groups in total. The molecule has 0 amide bonds. The smallest absolute Gasteiger partial charge is 0.342 e. The van der Waals surface area contributed by atoms with Gasteiger partial charge in [-0.25, -0.2) is 9.59 Å². The van der Waals surface area contributed by atoms with Crippen LogP contribution in [0.5, 0.6) is 5.75 Å². The first-order chi connectivity index (χ1) is 16.2. The molecule has 0 aliphatic heterocycles. The van der Waals surface area contributed by atoms with Crippen LogP contribution in [0.1, 0.15) is 43.5 Å². The van der Waals surface area contributed by atoms with Crippen molar-refractivity contribution in [3.63, 3.8) is 0 Å². The van der Waals surface area contributed by atoms with E-state index < -0.39 is 11.9 Å². The highest BCUT2D eigenvalue weighted by atomic mass is 35.5. The lowest BCUT2D eigenvalue weighted by Crippen LogP contribution is -2.10. The number of rotatable bonds is 6. The number of aromatic hydroxyl groups is 1. The predicted octanol–water partition coefficient (Wildman–Crippen LogP) is 5.61. The van der Waals surface area contributed by atoms with Gasteiger partial charge in [-0.2, -0.15) is 0 Å². The fraction of sp³-hybridized carbons (Fsp3) is 0.154. The number of carboxylic acids is 1. The topological polar surface area (TPSA) is 93.7 Å². The van der Waals surface area contributed by atoms with Crippen LogP contribution in [-0.2, 0) is 11.3 Å². The van der Waals surface area contributed by atoms with Crippen LogP contribution in [-0.4, -0.2) is 31.3 Å². The van der Waals surface area contributed by atoms with Gasteiger partial charge in [0.15, 0.2) is 0 Å². The van der Waals surface area contributed by atoms with E-state index in [0.717, 1.165) is 22.8 Å². The number of nitrogens with zero attached hydrogens (tertiary/aromatic N) is 2. The minimum absolute atomic E-state index is 0.00687. The molecule has 0 aliphatic carbocycles. The SMILES string of the molecule is Cc1ccc(C)n1-c1ccc(C(=O)OCc2ccc(C)n2-c2ccc(C(=O)O)c(Cl)c2)c(O)c1. The summed E-state index contributed by atoms with van der Waals surface area (Å²) in [5, 5.41) is 19.8. The number of ether oxygens (including phenoxy) is 1. The van der Waals surface area contributed by atoms with Gasteiger partial charge in [0, 0.05) is 34.5 Å². The molecule has 4 aromatic rings. The molecule has 0 saturated heterocycles. The molecule has 0 unspecified atom stereocenters. The first kappa shape index (κ1) is 23.2. The summed E-state index contributed by atoms with van der Waals surface area (Å²) in [5.41, 5.74) is 5.02. The highest BCUT2D eigenvalue weighted by molar-refractivity contribution is 6.33. The number of aromatic nitrogens is 2. The molecule has 0 aliphatic rings. The van der Waals surface area contributed by atoms with Crippen LogP contribution >= 0.6 is 11.6 Å². The van der Waals surface area contributed by atoms with E-state index in [-0.39, 0.29) is 28.5 Å². The maximum Gasteiger partial charge on any atom is 0.342 e. The van der Waals surface area contributed by atoms with E-state index in [1.807, 2.05) is 54.2 Å². The zero-order chi connectivity index (χ0) is 24.6. The van der Waals surface area contributed by atoms with E-state index in [1.165, 1.54) is 12.1 Å². The second kappa shape index (κ2) is 9.11. The number of benzene rings is 2. The van der Waals surface area contributed by atoms with E-state index in [4.69, 9.17) is 16.3 Å². The van der Waals surface area contributed by atoms with Crippen LogP contribution in [0, 0.1) is 20.8 Å². The molecule has 0 atom stereocenters. The van der Waals surface area contributed by atoms with Crippen molar-refractivity contribution in [2.24, 2.45) is 0 Å². The van der Waals surface area contributed by atoms with Gasteiger partial charge in [-0.1, -0.05) is 11.6 Å². The summed E-state index contributed by atoms with van der Waals surface area (Å²) >= 11 is 6.13. The third-order valence-corrected chi connectivity index (χ3v) is 5.99. The van der Waals surface area contributed by atoms with Gasteiger partial charge in [-0.05, 0) is 75.4 Å². The molecular formula is C26H23ClN2O5. The highest BCUT2D eigenvalue weighted by Gasteiger charge is 2.17. The second-order valence-electron chi connectivity index (χ2n) is 8.00.